The molecule has 3 aromatic rings. The second kappa shape index (κ2) is 8.96. The first-order valence-electron chi connectivity index (χ1n) is 9.43. The number of aryl methyl sites for hydroxylation is 2. The summed E-state index contributed by atoms with van der Waals surface area (Å²) in [5.41, 5.74) is 3.53. The van der Waals surface area contributed by atoms with Crippen molar-refractivity contribution in [1.29, 1.82) is 0 Å². The lowest BCUT2D eigenvalue weighted by Crippen LogP contribution is -2.47. The highest BCUT2D eigenvalue weighted by Crippen LogP contribution is 2.26. The van der Waals surface area contributed by atoms with Gasteiger partial charge >= 0.3 is 0 Å². The van der Waals surface area contributed by atoms with Crippen LogP contribution in [0.4, 0.5) is 5.13 Å². The predicted molar refractivity (Wildman–Crippen MR) is 116 cm³/mol. The quantitative estimate of drug-likeness (QED) is 0.640. The monoisotopic (exact) mass is 408 g/mol. The van der Waals surface area contributed by atoms with E-state index in [2.05, 4.69) is 20.8 Å². The molecule has 0 aliphatic heterocycles. The van der Waals surface area contributed by atoms with Crippen molar-refractivity contribution >= 4 is 28.3 Å². The Morgan fingerprint density at radius 1 is 0.966 bits per heavy atom. The van der Waals surface area contributed by atoms with Crippen LogP contribution in [0.5, 0.6) is 0 Å². The summed E-state index contributed by atoms with van der Waals surface area (Å²) in [6, 6.07) is 14.6. The number of amides is 2. The van der Waals surface area contributed by atoms with E-state index in [1.54, 1.807) is 12.1 Å². The molecule has 29 heavy (non-hydrogen) atoms. The lowest BCUT2D eigenvalue weighted by molar-refractivity contribution is -0.118. The van der Waals surface area contributed by atoms with Gasteiger partial charge in [-0.25, -0.2) is 0 Å². The van der Waals surface area contributed by atoms with Crippen LogP contribution in [0.15, 0.2) is 48.5 Å². The van der Waals surface area contributed by atoms with Gasteiger partial charge in [0.2, 0.25) is 11.0 Å². The minimum atomic E-state index is -0.686. The number of rotatable bonds is 6. The maximum absolute atomic E-state index is 12.8. The Kier molecular flexibility index (Phi) is 6.39. The molecule has 1 unspecified atom stereocenters. The number of anilines is 1. The van der Waals surface area contributed by atoms with Crippen molar-refractivity contribution < 1.29 is 9.59 Å². The number of carbonyl (C=O) groups is 2. The van der Waals surface area contributed by atoms with Gasteiger partial charge in [-0.2, -0.15) is 0 Å². The lowest BCUT2D eigenvalue weighted by atomic mass is 10.0. The Balaban J connectivity index is 1.71. The molecule has 150 valence electrons. The zero-order chi connectivity index (χ0) is 21.0. The first-order valence-corrected chi connectivity index (χ1v) is 10.2. The van der Waals surface area contributed by atoms with E-state index in [9.17, 15) is 9.59 Å². The zero-order valence-corrected chi connectivity index (χ0v) is 17.7. The van der Waals surface area contributed by atoms with Gasteiger partial charge in [0.25, 0.3) is 5.91 Å². The van der Waals surface area contributed by atoms with Gasteiger partial charge in [0.05, 0.1) is 0 Å². The summed E-state index contributed by atoms with van der Waals surface area (Å²) in [5.74, 6) is -0.671. The van der Waals surface area contributed by atoms with E-state index in [0.717, 1.165) is 21.7 Å². The Hall–Kier alpha value is -3.06. The Labute approximate surface area is 174 Å². The summed E-state index contributed by atoms with van der Waals surface area (Å²) in [7, 11) is 0. The zero-order valence-electron chi connectivity index (χ0n) is 16.9. The van der Waals surface area contributed by atoms with Crippen molar-refractivity contribution in [2.24, 2.45) is 5.92 Å². The van der Waals surface area contributed by atoms with Crippen LogP contribution in [0.25, 0.3) is 10.6 Å². The van der Waals surface area contributed by atoms with Crippen LogP contribution in [0.2, 0.25) is 0 Å². The largest absolute Gasteiger partial charge is 0.340 e. The molecule has 1 heterocycles. The summed E-state index contributed by atoms with van der Waals surface area (Å²) in [6.45, 7) is 7.67. The van der Waals surface area contributed by atoms with E-state index < -0.39 is 6.04 Å². The fourth-order valence-corrected chi connectivity index (χ4v) is 3.60. The molecule has 0 saturated carbocycles. The van der Waals surface area contributed by atoms with Gasteiger partial charge in [-0.1, -0.05) is 73.2 Å². The molecule has 2 aromatic carbocycles. The van der Waals surface area contributed by atoms with Crippen LogP contribution in [0, 0.1) is 19.8 Å². The highest BCUT2D eigenvalue weighted by molar-refractivity contribution is 7.18. The molecule has 0 aliphatic rings. The molecule has 0 spiro atoms. The summed E-state index contributed by atoms with van der Waals surface area (Å²) >= 11 is 1.30. The van der Waals surface area contributed by atoms with Crippen molar-refractivity contribution in [2.45, 2.75) is 33.7 Å². The van der Waals surface area contributed by atoms with Crippen molar-refractivity contribution in [3.63, 3.8) is 0 Å². The highest BCUT2D eigenvalue weighted by Gasteiger charge is 2.26. The Bertz CT molecular complexity index is 1010. The standard InChI is InChI=1S/C22H24N4O2S/c1-13(2)18(23-19(27)17-8-6-5-7-15(17)4)20(28)24-22-26-25-21(29-22)16-11-9-14(3)10-12-16/h5-13,18H,1-4H3,(H,23,27)(H,24,26,28). The number of hydrogen-bond acceptors (Lipinski definition) is 5. The van der Waals surface area contributed by atoms with Gasteiger partial charge in [0.15, 0.2) is 0 Å². The minimum Gasteiger partial charge on any atom is -0.340 e. The van der Waals surface area contributed by atoms with E-state index in [4.69, 9.17) is 0 Å². The molecule has 1 atom stereocenters. The van der Waals surface area contributed by atoms with Crippen LogP contribution in [-0.4, -0.2) is 28.1 Å². The first-order chi connectivity index (χ1) is 13.8. The van der Waals surface area contributed by atoms with Gasteiger partial charge in [0, 0.05) is 11.1 Å². The van der Waals surface area contributed by atoms with Crippen molar-refractivity contribution in [2.75, 3.05) is 5.32 Å². The van der Waals surface area contributed by atoms with Gasteiger partial charge in [0.1, 0.15) is 11.0 Å². The van der Waals surface area contributed by atoms with E-state index in [0.29, 0.717) is 10.7 Å². The van der Waals surface area contributed by atoms with Gasteiger partial charge < -0.3 is 5.32 Å². The molecule has 0 fully saturated rings. The summed E-state index contributed by atoms with van der Waals surface area (Å²) in [4.78, 5) is 25.4. The van der Waals surface area contributed by atoms with Crippen LogP contribution >= 0.6 is 11.3 Å². The smallest absolute Gasteiger partial charge is 0.252 e. The molecule has 1 aromatic heterocycles. The number of aromatic nitrogens is 2. The topological polar surface area (TPSA) is 84.0 Å². The van der Waals surface area contributed by atoms with Gasteiger partial charge in [-0.15, -0.1) is 10.2 Å². The molecule has 0 bridgehead atoms. The molecular formula is C22H24N4O2S. The fourth-order valence-electron chi connectivity index (χ4n) is 2.85. The SMILES string of the molecule is Cc1ccc(-c2nnc(NC(=O)C(NC(=O)c3ccccc3C)C(C)C)s2)cc1. The van der Waals surface area contributed by atoms with Gasteiger partial charge in [-0.05, 0) is 31.4 Å². The Morgan fingerprint density at radius 2 is 1.66 bits per heavy atom. The molecule has 7 heteroatoms. The van der Waals surface area contributed by atoms with Crippen molar-refractivity contribution in [1.82, 2.24) is 15.5 Å². The molecule has 0 saturated heterocycles. The van der Waals surface area contributed by atoms with Crippen molar-refractivity contribution in [3.8, 4) is 10.6 Å². The third-order valence-electron chi connectivity index (χ3n) is 4.58. The lowest BCUT2D eigenvalue weighted by Gasteiger charge is -2.21. The minimum absolute atomic E-state index is 0.0903. The van der Waals surface area contributed by atoms with E-state index in [-0.39, 0.29) is 17.7 Å². The number of benzene rings is 2. The van der Waals surface area contributed by atoms with E-state index >= 15 is 0 Å². The fraction of sp³-hybridized carbons (Fsp3) is 0.273. The normalized spacial score (nSPS) is 11.9. The highest BCUT2D eigenvalue weighted by atomic mass is 32.1. The number of carbonyl (C=O) groups excluding carboxylic acids is 2. The summed E-state index contributed by atoms with van der Waals surface area (Å²) in [6.07, 6.45) is 0. The van der Waals surface area contributed by atoms with Crippen LogP contribution in [0.3, 0.4) is 0 Å². The van der Waals surface area contributed by atoms with Crippen molar-refractivity contribution in [3.05, 3.63) is 65.2 Å². The second-order valence-corrected chi connectivity index (χ2v) is 8.26. The predicted octanol–water partition coefficient (Wildman–Crippen LogP) is 4.22. The molecule has 0 aliphatic carbocycles. The van der Waals surface area contributed by atoms with Gasteiger partial charge in [-0.3, -0.25) is 14.9 Å². The average Bonchev–Trinajstić information content (AvgIpc) is 3.14. The molecule has 6 nitrogen and oxygen atoms in total. The summed E-state index contributed by atoms with van der Waals surface area (Å²) < 4.78 is 0. The molecular weight excluding hydrogens is 384 g/mol. The third-order valence-corrected chi connectivity index (χ3v) is 5.47. The number of nitrogens with one attached hydrogen (secondary N) is 2. The molecule has 2 N–H and O–H groups in total. The maximum atomic E-state index is 12.8. The van der Waals surface area contributed by atoms with Crippen LogP contribution in [0.1, 0.15) is 35.3 Å². The van der Waals surface area contributed by atoms with Crippen LogP contribution < -0.4 is 10.6 Å². The Morgan fingerprint density at radius 3 is 2.31 bits per heavy atom. The first kappa shape index (κ1) is 20.7. The van der Waals surface area contributed by atoms with Crippen LogP contribution in [-0.2, 0) is 4.79 Å². The molecule has 0 radical (unpaired) electrons. The third kappa shape index (κ3) is 5.06. The van der Waals surface area contributed by atoms with E-state index in [1.165, 1.54) is 11.3 Å². The number of nitrogens with zero attached hydrogens (tertiary/aromatic N) is 2. The molecule has 2 amide bonds. The number of hydrogen-bond donors (Lipinski definition) is 2. The molecule has 3 rings (SSSR count). The average molecular weight is 409 g/mol. The second-order valence-electron chi connectivity index (χ2n) is 7.28. The summed E-state index contributed by atoms with van der Waals surface area (Å²) in [5, 5.41) is 15.0. The van der Waals surface area contributed by atoms with E-state index in [1.807, 2.05) is 64.1 Å². The maximum Gasteiger partial charge on any atom is 0.252 e.